The SMILES string of the molecule is Cc1nc(Cl)cc(NCCc2nncn2C)n1. The van der Waals surface area contributed by atoms with Crippen molar-refractivity contribution in [3.63, 3.8) is 0 Å². The van der Waals surface area contributed by atoms with Crippen LogP contribution in [-0.2, 0) is 13.5 Å². The van der Waals surface area contributed by atoms with Crippen LogP contribution in [0.2, 0.25) is 5.15 Å². The summed E-state index contributed by atoms with van der Waals surface area (Å²) < 4.78 is 1.89. The number of nitrogens with one attached hydrogen (secondary N) is 1. The Morgan fingerprint density at radius 2 is 2.24 bits per heavy atom. The van der Waals surface area contributed by atoms with Gasteiger partial charge >= 0.3 is 0 Å². The Balaban J connectivity index is 1.92. The second kappa shape index (κ2) is 5.09. The fraction of sp³-hybridized carbons (Fsp3) is 0.400. The highest BCUT2D eigenvalue weighted by Crippen LogP contribution is 2.10. The van der Waals surface area contributed by atoms with E-state index in [2.05, 4.69) is 25.5 Å². The van der Waals surface area contributed by atoms with Gasteiger partial charge in [0.15, 0.2) is 0 Å². The van der Waals surface area contributed by atoms with Crippen LogP contribution in [0, 0.1) is 6.92 Å². The largest absolute Gasteiger partial charge is 0.369 e. The fourth-order valence-corrected chi connectivity index (χ4v) is 1.68. The van der Waals surface area contributed by atoms with Crippen molar-refractivity contribution in [2.75, 3.05) is 11.9 Å². The molecule has 17 heavy (non-hydrogen) atoms. The fourth-order valence-electron chi connectivity index (χ4n) is 1.46. The van der Waals surface area contributed by atoms with Crippen LogP contribution in [0.3, 0.4) is 0 Å². The van der Waals surface area contributed by atoms with Crippen LogP contribution in [0.5, 0.6) is 0 Å². The zero-order valence-electron chi connectivity index (χ0n) is 9.68. The minimum Gasteiger partial charge on any atom is -0.369 e. The van der Waals surface area contributed by atoms with Crippen LogP contribution >= 0.6 is 11.6 Å². The summed E-state index contributed by atoms with van der Waals surface area (Å²) in [7, 11) is 1.92. The van der Waals surface area contributed by atoms with Gasteiger partial charge < -0.3 is 9.88 Å². The first-order valence-electron chi connectivity index (χ1n) is 5.23. The number of aryl methyl sites for hydroxylation is 2. The maximum Gasteiger partial charge on any atom is 0.134 e. The molecule has 2 aromatic heterocycles. The number of aromatic nitrogens is 5. The van der Waals surface area contributed by atoms with Crippen LogP contribution in [0.25, 0.3) is 0 Å². The van der Waals surface area contributed by atoms with Crippen molar-refractivity contribution in [3.05, 3.63) is 29.2 Å². The van der Waals surface area contributed by atoms with Crippen molar-refractivity contribution in [3.8, 4) is 0 Å². The molecule has 0 amide bonds. The quantitative estimate of drug-likeness (QED) is 0.829. The molecule has 0 aliphatic heterocycles. The molecule has 0 bridgehead atoms. The molecule has 0 aromatic carbocycles. The van der Waals surface area contributed by atoms with E-state index < -0.39 is 0 Å². The van der Waals surface area contributed by atoms with Crippen LogP contribution in [0.1, 0.15) is 11.6 Å². The van der Waals surface area contributed by atoms with Crippen LogP contribution < -0.4 is 5.32 Å². The summed E-state index contributed by atoms with van der Waals surface area (Å²) >= 11 is 5.84. The molecule has 0 atom stereocenters. The average Bonchev–Trinajstić information content (AvgIpc) is 2.63. The summed E-state index contributed by atoms with van der Waals surface area (Å²) in [6.45, 7) is 2.53. The molecule has 1 N–H and O–H groups in total. The Kier molecular flexibility index (Phi) is 3.53. The van der Waals surface area contributed by atoms with E-state index in [1.165, 1.54) is 0 Å². The number of hydrogen-bond donors (Lipinski definition) is 1. The van der Waals surface area contributed by atoms with Gasteiger partial charge in [-0.1, -0.05) is 11.6 Å². The third-order valence-corrected chi connectivity index (χ3v) is 2.46. The minimum absolute atomic E-state index is 0.443. The van der Waals surface area contributed by atoms with Crippen molar-refractivity contribution in [1.82, 2.24) is 24.7 Å². The van der Waals surface area contributed by atoms with Crippen molar-refractivity contribution in [2.45, 2.75) is 13.3 Å². The molecule has 6 nitrogen and oxygen atoms in total. The van der Waals surface area contributed by atoms with Crippen LogP contribution in [0.4, 0.5) is 5.82 Å². The molecule has 0 saturated heterocycles. The third-order valence-electron chi connectivity index (χ3n) is 2.27. The van der Waals surface area contributed by atoms with Gasteiger partial charge in [0.1, 0.15) is 28.9 Å². The summed E-state index contributed by atoms with van der Waals surface area (Å²) in [5, 5.41) is 11.4. The predicted octanol–water partition coefficient (Wildman–Crippen LogP) is 1.22. The first-order chi connectivity index (χ1) is 8.15. The molecule has 0 unspecified atom stereocenters. The van der Waals surface area contributed by atoms with E-state index >= 15 is 0 Å². The van der Waals surface area contributed by atoms with Gasteiger partial charge in [-0.05, 0) is 6.92 Å². The Labute approximate surface area is 104 Å². The minimum atomic E-state index is 0.443. The molecule has 7 heteroatoms. The van der Waals surface area contributed by atoms with Crippen molar-refractivity contribution < 1.29 is 0 Å². The molecule has 2 aromatic rings. The third kappa shape index (κ3) is 3.13. The lowest BCUT2D eigenvalue weighted by Gasteiger charge is -2.06. The van der Waals surface area contributed by atoms with Gasteiger partial charge in [-0.25, -0.2) is 9.97 Å². The zero-order valence-corrected chi connectivity index (χ0v) is 10.4. The molecule has 0 aliphatic carbocycles. The number of anilines is 1. The van der Waals surface area contributed by atoms with Gasteiger partial charge in [-0.3, -0.25) is 0 Å². The van der Waals surface area contributed by atoms with Crippen LogP contribution in [-0.4, -0.2) is 31.3 Å². The molecule has 0 saturated carbocycles. The van der Waals surface area contributed by atoms with E-state index in [1.54, 1.807) is 19.3 Å². The molecule has 90 valence electrons. The summed E-state index contributed by atoms with van der Waals surface area (Å²) in [4.78, 5) is 8.22. The zero-order chi connectivity index (χ0) is 12.3. The number of rotatable bonds is 4. The van der Waals surface area contributed by atoms with Gasteiger partial charge in [0, 0.05) is 26.1 Å². The highest BCUT2D eigenvalue weighted by Gasteiger charge is 2.02. The maximum atomic E-state index is 5.84. The number of hydrogen-bond acceptors (Lipinski definition) is 5. The summed E-state index contributed by atoms with van der Waals surface area (Å²) in [6, 6.07) is 1.70. The monoisotopic (exact) mass is 252 g/mol. The predicted molar refractivity (Wildman–Crippen MR) is 65.0 cm³/mol. The highest BCUT2D eigenvalue weighted by atomic mass is 35.5. The number of nitrogens with zero attached hydrogens (tertiary/aromatic N) is 5. The normalized spacial score (nSPS) is 10.5. The second-order valence-corrected chi connectivity index (χ2v) is 4.05. The van der Waals surface area contributed by atoms with Crippen molar-refractivity contribution in [1.29, 1.82) is 0 Å². The van der Waals surface area contributed by atoms with Gasteiger partial charge in [0.05, 0.1) is 0 Å². The Morgan fingerprint density at radius 1 is 1.41 bits per heavy atom. The molecule has 0 spiro atoms. The van der Waals surface area contributed by atoms with Crippen molar-refractivity contribution in [2.24, 2.45) is 7.05 Å². The van der Waals surface area contributed by atoms with Crippen molar-refractivity contribution >= 4 is 17.4 Å². The topological polar surface area (TPSA) is 68.5 Å². The summed E-state index contributed by atoms with van der Waals surface area (Å²) in [5.41, 5.74) is 0. The average molecular weight is 253 g/mol. The smallest absolute Gasteiger partial charge is 0.134 e. The van der Waals surface area contributed by atoms with E-state index in [4.69, 9.17) is 11.6 Å². The Morgan fingerprint density at radius 3 is 2.88 bits per heavy atom. The first-order valence-corrected chi connectivity index (χ1v) is 5.61. The lowest BCUT2D eigenvalue weighted by Crippen LogP contribution is -2.10. The highest BCUT2D eigenvalue weighted by molar-refractivity contribution is 6.29. The summed E-state index contributed by atoms with van der Waals surface area (Å²) in [6.07, 6.45) is 2.46. The van der Waals surface area contributed by atoms with Crippen LogP contribution in [0.15, 0.2) is 12.4 Å². The standard InChI is InChI=1S/C10H13ClN6/c1-7-14-8(11)5-9(15-7)12-4-3-10-16-13-6-17(10)2/h5-6H,3-4H2,1-2H3,(H,12,14,15). The lowest BCUT2D eigenvalue weighted by atomic mass is 10.4. The van der Waals surface area contributed by atoms with Gasteiger partial charge in [-0.2, -0.15) is 0 Å². The maximum absolute atomic E-state index is 5.84. The Hall–Kier alpha value is -1.69. The molecule has 2 heterocycles. The molecule has 0 fully saturated rings. The van der Waals surface area contributed by atoms with E-state index in [-0.39, 0.29) is 0 Å². The van der Waals surface area contributed by atoms with E-state index in [9.17, 15) is 0 Å². The Bertz CT molecular complexity index is 489. The molecule has 0 aliphatic rings. The molecular formula is C10H13ClN6. The van der Waals surface area contributed by atoms with E-state index in [0.29, 0.717) is 11.0 Å². The van der Waals surface area contributed by atoms with Gasteiger partial charge in [-0.15, -0.1) is 10.2 Å². The molecule has 0 radical (unpaired) electrons. The van der Waals surface area contributed by atoms with Gasteiger partial charge in [0.25, 0.3) is 0 Å². The number of halogens is 1. The second-order valence-electron chi connectivity index (χ2n) is 3.66. The molecular weight excluding hydrogens is 240 g/mol. The summed E-state index contributed by atoms with van der Waals surface area (Å²) in [5.74, 6) is 2.30. The van der Waals surface area contributed by atoms with Gasteiger partial charge in [0.2, 0.25) is 0 Å². The van der Waals surface area contributed by atoms with E-state index in [0.717, 1.165) is 24.6 Å². The van der Waals surface area contributed by atoms with E-state index in [1.807, 2.05) is 11.6 Å². The first kappa shape index (κ1) is 11.8. The molecule has 2 rings (SSSR count). The lowest BCUT2D eigenvalue weighted by molar-refractivity contribution is 0.787.